The number of carbonyl (C=O) groups is 1. The Morgan fingerprint density at radius 2 is 1.81 bits per heavy atom. The van der Waals surface area contributed by atoms with Crippen molar-refractivity contribution in [2.75, 3.05) is 38.2 Å². The number of anilines is 1. The SMILES string of the molecule is COC(=O)c1sccc1S(=O)(=O)N1CCN(c2cc(-n3cnc(C)c3C)ncn2)CC1. The molecule has 4 heterocycles. The largest absolute Gasteiger partial charge is 0.465 e. The Bertz CT molecular complexity index is 1210. The van der Waals surface area contributed by atoms with Gasteiger partial charge in [0.05, 0.1) is 12.8 Å². The standard InChI is InChI=1S/C19H22N6O4S2/c1-13-14(2)25(12-22-13)17-10-16(20-11-21-17)23-5-7-24(8-6-23)31(27,28)15-4-9-30-18(15)19(26)29-3/h4,9-12H,5-8H2,1-3H3. The highest BCUT2D eigenvalue weighted by Gasteiger charge is 2.33. The molecule has 1 fully saturated rings. The first-order chi connectivity index (χ1) is 14.8. The average Bonchev–Trinajstić information content (AvgIpc) is 3.41. The van der Waals surface area contributed by atoms with E-state index < -0.39 is 16.0 Å². The van der Waals surface area contributed by atoms with Gasteiger partial charge in [0, 0.05) is 37.9 Å². The third-order valence-corrected chi connectivity index (χ3v) is 8.28. The fourth-order valence-electron chi connectivity index (χ4n) is 3.41. The quantitative estimate of drug-likeness (QED) is 0.526. The molecule has 10 nitrogen and oxygen atoms in total. The number of nitrogens with zero attached hydrogens (tertiary/aromatic N) is 6. The van der Waals surface area contributed by atoms with E-state index in [2.05, 4.69) is 15.0 Å². The number of ether oxygens (including phenoxy) is 1. The van der Waals surface area contributed by atoms with Crippen molar-refractivity contribution in [3.63, 3.8) is 0 Å². The molecular formula is C19H22N6O4S2. The van der Waals surface area contributed by atoms with Crippen molar-refractivity contribution in [3.8, 4) is 5.82 Å². The average molecular weight is 463 g/mol. The smallest absolute Gasteiger partial charge is 0.349 e. The van der Waals surface area contributed by atoms with Gasteiger partial charge in [-0.15, -0.1) is 11.3 Å². The van der Waals surface area contributed by atoms with Gasteiger partial charge < -0.3 is 9.64 Å². The zero-order chi connectivity index (χ0) is 22.2. The molecule has 0 aromatic carbocycles. The van der Waals surface area contributed by atoms with E-state index in [-0.39, 0.29) is 22.9 Å². The van der Waals surface area contributed by atoms with E-state index in [1.165, 1.54) is 23.8 Å². The molecule has 0 unspecified atom stereocenters. The maximum Gasteiger partial charge on any atom is 0.349 e. The van der Waals surface area contributed by atoms with E-state index in [1.54, 1.807) is 11.7 Å². The first-order valence-corrected chi connectivity index (χ1v) is 11.9. The minimum absolute atomic E-state index is 0.00641. The summed E-state index contributed by atoms with van der Waals surface area (Å²) in [5.41, 5.74) is 1.93. The summed E-state index contributed by atoms with van der Waals surface area (Å²) in [5.74, 6) is 0.781. The Morgan fingerprint density at radius 3 is 2.45 bits per heavy atom. The van der Waals surface area contributed by atoms with Crippen LogP contribution in [0.5, 0.6) is 0 Å². The van der Waals surface area contributed by atoms with E-state index in [4.69, 9.17) is 4.74 Å². The Labute approximate surface area is 184 Å². The van der Waals surface area contributed by atoms with Gasteiger partial charge in [0.15, 0.2) is 0 Å². The number of rotatable bonds is 5. The van der Waals surface area contributed by atoms with Crippen LogP contribution in [0.25, 0.3) is 5.82 Å². The molecule has 0 radical (unpaired) electrons. The van der Waals surface area contributed by atoms with Crippen molar-refractivity contribution in [2.45, 2.75) is 18.7 Å². The number of hydrogen-bond acceptors (Lipinski definition) is 9. The van der Waals surface area contributed by atoms with E-state index in [9.17, 15) is 13.2 Å². The molecule has 4 rings (SSSR count). The van der Waals surface area contributed by atoms with Crippen LogP contribution < -0.4 is 4.90 Å². The lowest BCUT2D eigenvalue weighted by Gasteiger charge is -2.34. The highest BCUT2D eigenvalue weighted by molar-refractivity contribution is 7.89. The molecule has 0 atom stereocenters. The second kappa shape index (κ2) is 8.36. The van der Waals surface area contributed by atoms with Gasteiger partial charge in [-0.2, -0.15) is 4.31 Å². The first-order valence-electron chi connectivity index (χ1n) is 9.57. The number of imidazole rings is 1. The van der Waals surface area contributed by atoms with Crippen LogP contribution in [0.3, 0.4) is 0 Å². The number of piperazine rings is 1. The van der Waals surface area contributed by atoms with Crippen LogP contribution in [0.4, 0.5) is 5.82 Å². The molecule has 0 amide bonds. The Hall–Kier alpha value is -2.83. The second-order valence-electron chi connectivity index (χ2n) is 7.02. The molecule has 0 saturated carbocycles. The van der Waals surface area contributed by atoms with Gasteiger partial charge in [0.25, 0.3) is 0 Å². The predicted molar refractivity (Wildman–Crippen MR) is 115 cm³/mol. The lowest BCUT2D eigenvalue weighted by molar-refractivity contribution is 0.0602. The van der Waals surface area contributed by atoms with Crippen molar-refractivity contribution in [1.29, 1.82) is 0 Å². The van der Waals surface area contributed by atoms with Gasteiger partial charge in [0.1, 0.15) is 34.1 Å². The number of thiophene rings is 1. The number of methoxy groups -OCH3 is 1. The fraction of sp³-hybridized carbons (Fsp3) is 0.368. The van der Waals surface area contributed by atoms with Crippen LogP contribution in [-0.4, -0.2) is 71.5 Å². The van der Waals surface area contributed by atoms with Crippen molar-refractivity contribution in [1.82, 2.24) is 23.8 Å². The summed E-state index contributed by atoms with van der Waals surface area (Å²) < 4.78 is 34.2. The highest BCUT2D eigenvalue weighted by Crippen LogP contribution is 2.27. The van der Waals surface area contributed by atoms with Crippen LogP contribution in [-0.2, 0) is 14.8 Å². The first kappa shape index (κ1) is 21.4. The topological polar surface area (TPSA) is 111 Å². The van der Waals surface area contributed by atoms with Gasteiger partial charge in [-0.05, 0) is 25.3 Å². The highest BCUT2D eigenvalue weighted by atomic mass is 32.2. The predicted octanol–water partition coefficient (Wildman–Crippen LogP) is 1.64. The van der Waals surface area contributed by atoms with Crippen LogP contribution in [0.15, 0.2) is 35.1 Å². The number of esters is 1. The van der Waals surface area contributed by atoms with E-state index >= 15 is 0 Å². The summed E-state index contributed by atoms with van der Waals surface area (Å²) >= 11 is 1.06. The maximum atomic E-state index is 13.1. The number of aromatic nitrogens is 4. The monoisotopic (exact) mass is 462 g/mol. The zero-order valence-electron chi connectivity index (χ0n) is 17.3. The van der Waals surface area contributed by atoms with Gasteiger partial charge in [0.2, 0.25) is 10.0 Å². The Balaban J connectivity index is 1.51. The molecule has 1 aliphatic rings. The Kier molecular flexibility index (Phi) is 5.77. The minimum Gasteiger partial charge on any atom is -0.465 e. The van der Waals surface area contributed by atoms with Gasteiger partial charge in [-0.3, -0.25) is 4.57 Å². The van der Waals surface area contributed by atoms with Crippen molar-refractivity contribution in [2.24, 2.45) is 0 Å². The zero-order valence-corrected chi connectivity index (χ0v) is 19.0. The number of hydrogen-bond donors (Lipinski definition) is 0. The molecule has 0 aliphatic carbocycles. The molecule has 0 N–H and O–H groups in total. The van der Waals surface area contributed by atoms with Gasteiger partial charge in [-0.25, -0.2) is 28.2 Å². The molecule has 3 aromatic rings. The van der Waals surface area contributed by atoms with E-state index in [1.807, 2.05) is 29.4 Å². The fourth-order valence-corrected chi connectivity index (χ4v) is 6.14. The minimum atomic E-state index is -3.79. The maximum absolute atomic E-state index is 13.1. The molecule has 1 aliphatic heterocycles. The van der Waals surface area contributed by atoms with Crippen molar-refractivity contribution >= 4 is 33.1 Å². The summed E-state index contributed by atoms with van der Waals surface area (Å²) in [4.78, 5) is 27.0. The summed E-state index contributed by atoms with van der Waals surface area (Å²) in [6, 6.07) is 3.32. The molecular weight excluding hydrogens is 440 g/mol. The molecule has 31 heavy (non-hydrogen) atoms. The second-order valence-corrected chi connectivity index (χ2v) is 9.84. The summed E-state index contributed by atoms with van der Waals surface area (Å²) in [5, 5.41) is 1.58. The lowest BCUT2D eigenvalue weighted by atomic mass is 10.3. The normalized spacial score (nSPS) is 15.3. The van der Waals surface area contributed by atoms with Crippen LogP contribution >= 0.6 is 11.3 Å². The van der Waals surface area contributed by atoms with Gasteiger partial charge >= 0.3 is 5.97 Å². The molecule has 0 spiro atoms. The van der Waals surface area contributed by atoms with E-state index in [0.29, 0.717) is 18.9 Å². The van der Waals surface area contributed by atoms with Crippen molar-refractivity contribution in [3.05, 3.63) is 46.4 Å². The molecule has 12 heteroatoms. The van der Waals surface area contributed by atoms with Crippen LogP contribution in [0.2, 0.25) is 0 Å². The molecule has 0 bridgehead atoms. The van der Waals surface area contributed by atoms with Crippen LogP contribution in [0.1, 0.15) is 21.1 Å². The summed E-state index contributed by atoms with van der Waals surface area (Å²) in [6.07, 6.45) is 3.22. The number of aryl methyl sites for hydroxylation is 1. The van der Waals surface area contributed by atoms with Gasteiger partial charge in [-0.1, -0.05) is 0 Å². The molecule has 164 valence electrons. The molecule has 1 saturated heterocycles. The third kappa shape index (κ3) is 3.93. The third-order valence-electron chi connectivity index (χ3n) is 5.32. The van der Waals surface area contributed by atoms with Crippen LogP contribution in [0, 0.1) is 13.8 Å². The summed E-state index contributed by atoms with van der Waals surface area (Å²) in [6.45, 7) is 5.40. The summed E-state index contributed by atoms with van der Waals surface area (Å²) in [7, 11) is -2.56. The molecule has 3 aromatic heterocycles. The Morgan fingerprint density at radius 1 is 1.10 bits per heavy atom. The number of carbonyl (C=O) groups excluding carboxylic acids is 1. The van der Waals surface area contributed by atoms with Crippen molar-refractivity contribution < 1.29 is 17.9 Å². The lowest BCUT2D eigenvalue weighted by Crippen LogP contribution is -2.49. The number of sulfonamides is 1. The van der Waals surface area contributed by atoms with E-state index in [0.717, 1.165) is 28.5 Å².